The topological polar surface area (TPSA) is 107 Å². The van der Waals surface area contributed by atoms with Gasteiger partial charge in [0.1, 0.15) is 17.9 Å². The molecule has 0 aliphatic carbocycles. The monoisotopic (exact) mass is 460 g/mol. The van der Waals surface area contributed by atoms with E-state index < -0.39 is 0 Å². The Morgan fingerprint density at radius 2 is 2.12 bits per heavy atom. The van der Waals surface area contributed by atoms with Crippen LogP contribution >= 0.6 is 0 Å². The molecule has 2 N–H and O–H groups in total. The molecule has 4 aromatic rings. The van der Waals surface area contributed by atoms with Crippen molar-refractivity contribution in [1.29, 1.82) is 0 Å². The summed E-state index contributed by atoms with van der Waals surface area (Å²) in [7, 11) is 1.52. The summed E-state index contributed by atoms with van der Waals surface area (Å²) >= 11 is 0. The van der Waals surface area contributed by atoms with Crippen molar-refractivity contribution in [1.82, 2.24) is 29.6 Å². The number of nitrogens with one attached hydrogen (secondary N) is 2. The fraction of sp³-hybridized carbons (Fsp3) is 0.360. The maximum Gasteiger partial charge on any atom is 0.256 e. The molecule has 0 fully saturated rings. The molecule has 3 aromatic heterocycles. The number of para-hydroxylation sites is 1. The molecule has 5 rings (SSSR count). The predicted octanol–water partition coefficient (Wildman–Crippen LogP) is 2.74. The first-order chi connectivity index (χ1) is 16.5. The number of fused-ring (bicyclic) bond motifs is 2. The fourth-order valence-corrected chi connectivity index (χ4v) is 4.98. The van der Waals surface area contributed by atoms with Gasteiger partial charge in [0.25, 0.3) is 11.5 Å². The Hall–Kier alpha value is -3.88. The Morgan fingerprint density at radius 3 is 2.94 bits per heavy atom. The minimum atomic E-state index is -0.262. The summed E-state index contributed by atoms with van der Waals surface area (Å²) in [4.78, 5) is 28.6. The third-order valence-electron chi connectivity index (χ3n) is 6.70. The van der Waals surface area contributed by atoms with Crippen LogP contribution in [0, 0.1) is 19.8 Å². The van der Waals surface area contributed by atoms with Crippen molar-refractivity contribution < 1.29 is 9.53 Å². The number of carbonyl (C=O) groups excluding carboxylic acids is 1. The van der Waals surface area contributed by atoms with Crippen LogP contribution in [0.4, 0.5) is 0 Å². The van der Waals surface area contributed by atoms with E-state index in [1.165, 1.54) is 7.11 Å². The van der Waals surface area contributed by atoms with Gasteiger partial charge in [0.05, 0.1) is 24.8 Å². The molecule has 1 aliphatic heterocycles. The van der Waals surface area contributed by atoms with Crippen molar-refractivity contribution in [2.75, 3.05) is 7.11 Å². The summed E-state index contributed by atoms with van der Waals surface area (Å²) in [5, 5.41) is 12.1. The average molecular weight is 461 g/mol. The van der Waals surface area contributed by atoms with E-state index in [4.69, 9.17) is 4.74 Å². The number of benzene rings is 1. The number of amides is 1. The lowest BCUT2D eigenvalue weighted by molar-refractivity contribution is 0.0951. The van der Waals surface area contributed by atoms with E-state index in [0.29, 0.717) is 28.5 Å². The van der Waals surface area contributed by atoms with Crippen LogP contribution in [0.5, 0.6) is 5.75 Å². The second-order valence-electron chi connectivity index (χ2n) is 8.90. The van der Waals surface area contributed by atoms with Crippen molar-refractivity contribution in [2.45, 2.75) is 46.3 Å². The lowest BCUT2D eigenvalue weighted by atomic mass is 9.99. The van der Waals surface area contributed by atoms with Crippen LogP contribution in [0.2, 0.25) is 0 Å². The predicted molar refractivity (Wildman–Crippen MR) is 128 cm³/mol. The lowest BCUT2D eigenvalue weighted by Gasteiger charge is -2.24. The van der Waals surface area contributed by atoms with Crippen LogP contribution in [0.1, 0.15) is 39.6 Å². The fourth-order valence-electron chi connectivity index (χ4n) is 4.98. The number of hydrogen-bond acceptors (Lipinski definition) is 5. The Kier molecular flexibility index (Phi) is 5.69. The van der Waals surface area contributed by atoms with Crippen molar-refractivity contribution in [3.8, 4) is 5.75 Å². The quantitative estimate of drug-likeness (QED) is 0.460. The molecule has 4 heterocycles. The number of aromatic amines is 1. The van der Waals surface area contributed by atoms with E-state index in [2.05, 4.69) is 35.7 Å². The number of methoxy groups -OCH3 is 1. The largest absolute Gasteiger partial charge is 0.496 e. The summed E-state index contributed by atoms with van der Waals surface area (Å²) in [6.07, 6.45) is 3.73. The third-order valence-corrected chi connectivity index (χ3v) is 6.70. The molecule has 0 saturated heterocycles. The zero-order valence-corrected chi connectivity index (χ0v) is 19.6. The Labute approximate surface area is 196 Å². The highest BCUT2D eigenvalue weighted by atomic mass is 16.5. The third kappa shape index (κ3) is 3.87. The molecule has 1 unspecified atom stereocenters. The van der Waals surface area contributed by atoms with Crippen LogP contribution in [0.25, 0.3) is 10.9 Å². The highest BCUT2D eigenvalue weighted by Gasteiger charge is 2.25. The minimum absolute atomic E-state index is 0.0790. The van der Waals surface area contributed by atoms with Crippen LogP contribution in [0.15, 0.2) is 41.5 Å². The molecule has 34 heavy (non-hydrogen) atoms. The first kappa shape index (κ1) is 21.9. The van der Waals surface area contributed by atoms with Crippen molar-refractivity contribution in [3.05, 3.63) is 75.4 Å². The Balaban J connectivity index is 1.43. The lowest BCUT2D eigenvalue weighted by Crippen LogP contribution is -2.28. The van der Waals surface area contributed by atoms with E-state index in [9.17, 15) is 9.59 Å². The summed E-state index contributed by atoms with van der Waals surface area (Å²) < 4.78 is 9.72. The molecule has 0 radical (unpaired) electrons. The van der Waals surface area contributed by atoms with Gasteiger partial charge in [-0.2, -0.15) is 0 Å². The van der Waals surface area contributed by atoms with Crippen LogP contribution < -0.4 is 15.6 Å². The number of H-pyrrole nitrogens is 1. The van der Waals surface area contributed by atoms with E-state index in [-0.39, 0.29) is 18.0 Å². The molecule has 1 atom stereocenters. The smallest absolute Gasteiger partial charge is 0.256 e. The van der Waals surface area contributed by atoms with Gasteiger partial charge in [-0.25, -0.2) is 0 Å². The van der Waals surface area contributed by atoms with Gasteiger partial charge in [-0.3, -0.25) is 9.59 Å². The number of carbonyl (C=O) groups is 1. The van der Waals surface area contributed by atoms with Gasteiger partial charge in [0.15, 0.2) is 0 Å². The molecule has 9 heteroatoms. The second kappa shape index (κ2) is 8.81. The van der Waals surface area contributed by atoms with Gasteiger partial charge in [-0.15, -0.1) is 10.2 Å². The highest BCUT2D eigenvalue weighted by molar-refractivity contribution is 6.08. The first-order valence-electron chi connectivity index (χ1n) is 11.5. The molecular weight excluding hydrogens is 432 g/mol. The molecular formula is C25H28N6O3. The molecule has 1 amide bonds. The maximum atomic E-state index is 13.4. The van der Waals surface area contributed by atoms with Gasteiger partial charge in [-0.1, -0.05) is 18.2 Å². The van der Waals surface area contributed by atoms with Crippen LogP contribution in [0.3, 0.4) is 0 Å². The van der Waals surface area contributed by atoms with Crippen LogP contribution in [-0.2, 0) is 26.1 Å². The number of aromatic nitrogens is 5. The summed E-state index contributed by atoms with van der Waals surface area (Å²) in [6.45, 7) is 5.53. The number of nitrogens with zero attached hydrogens (tertiary/aromatic N) is 4. The average Bonchev–Trinajstić information content (AvgIpc) is 3.40. The summed E-state index contributed by atoms with van der Waals surface area (Å²) in [5.41, 5.74) is 3.43. The second-order valence-corrected chi connectivity index (χ2v) is 8.90. The molecule has 0 saturated carbocycles. The SMILES string of the molecule is COc1cc(C)[nH]c(=O)c1CNC(=O)c1c(C)n(CC2CCc3nncn3C2)c2ccccc12. The standard InChI is InChI=1S/C25H28N6O3/c1-15-10-21(34-3)19(24(32)28-15)11-26-25(33)23-16(2)31(20-7-5-4-6-18(20)23)13-17-8-9-22-29-27-14-30(22)12-17/h4-7,10,14,17H,8-9,11-13H2,1-3H3,(H,26,33)(H,28,32). The molecule has 9 nitrogen and oxygen atoms in total. The number of aryl methyl sites for hydroxylation is 2. The van der Waals surface area contributed by atoms with Crippen molar-refractivity contribution >= 4 is 16.8 Å². The van der Waals surface area contributed by atoms with Crippen molar-refractivity contribution in [2.24, 2.45) is 5.92 Å². The van der Waals surface area contributed by atoms with E-state index >= 15 is 0 Å². The summed E-state index contributed by atoms with van der Waals surface area (Å²) in [5.74, 6) is 1.71. The molecule has 176 valence electrons. The molecule has 1 aliphatic rings. The maximum absolute atomic E-state index is 13.4. The number of pyridine rings is 1. The molecule has 0 bridgehead atoms. The number of ether oxygens (including phenoxy) is 1. The van der Waals surface area contributed by atoms with Crippen LogP contribution in [-0.4, -0.2) is 37.3 Å². The molecule has 1 aromatic carbocycles. The summed E-state index contributed by atoms with van der Waals surface area (Å²) in [6, 6.07) is 9.73. The normalized spacial score (nSPS) is 15.3. The van der Waals surface area contributed by atoms with Gasteiger partial charge < -0.3 is 24.2 Å². The minimum Gasteiger partial charge on any atom is -0.496 e. The zero-order valence-electron chi connectivity index (χ0n) is 19.6. The Bertz CT molecular complexity index is 1430. The van der Waals surface area contributed by atoms with E-state index in [1.54, 1.807) is 19.3 Å². The van der Waals surface area contributed by atoms with E-state index in [1.807, 2.05) is 25.1 Å². The highest BCUT2D eigenvalue weighted by Crippen LogP contribution is 2.29. The first-order valence-corrected chi connectivity index (χ1v) is 11.5. The number of rotatable bonds is 6. The number of hydrogen-bond donors (Lipinski definition) is 2. The van der Waals surface area contributed by atoms with Gasteiger partial charge in [-0.05, 0) is 38.3 Å². The van der Waals surface area contributed by atoms with Crippen molar-refractivity contribution in [3.63, 3.8) is 0 Å². The molecule has 0 spiro atoms. The van der Waals surface area contributed by atoms with Gasteiger partial charge >= 0.3 is 0 Å². The van der Waals surface area contributed by atoms with Gasteiger partial charge in [0.2, 0.25) is 0 Å². The van der Waals surface area contributed by atoms with E-state index in [0.717, 1.165) is 48.4 Å². The zero-order chi connectivity index (χ0) is 23.8. The Morgan fingerprint density at radius 1 is 1.29 bits per heavy atom. The van der Waals surface area contributed by atoms with Gasteiger partial charge in [0, 0.05) is 41.8 Å².